The zero-order chi connectivity index (χ0) is 18.3. The quantitative estimate of drug-likeness (QED) is 0.725. The summed E-state index contributed by atoms with van der Waals surface area (Å²) in [6, 6.07) is 6.87. The minimum atomic E-state index is -1.82. The summed E-state index contributed by atoms with van der Waals surface area (Å²) in [5.41, 5.74) is -0.182. The highest BCUT2D eigenvalue weighted by Gasteiger charge is 2.40. The molecule has 0 saturated heterocycles. The molecule has 0 heterocycles. The molecule has 2 rings (SSSR count). The Hall–Kier alpha value is -1.99. The average molecular weight is 341 g/mol. The van der Waals surface area contributed by atoms with E-state index in [0.717, 1.165) is 25.7 Å². The van der Waals surface area contributed by atoms with E-state index in [1.165, 1.54) is 6.07 Å². The molecular formula is C17H24FNO5. The highest BCUT2D eigenvalue weighted by Crippen LogP contribution is 2.34. The molecule has 134 valence electrons. The number of hydrogen-bond donors (Lipinski definition) is 3. The van der Waals surface area contributed by atoms with Gasteiger partial charge in [-0.2, -0.15) is 0 Å². The minimum absolute atomic E-state index is 0.117. The van der Waals surface area contributed by atoms with Gasteiger partial charge in [0.25, 0.3) is 0 Å². The van der Waals surface area contributed by atoms with Crippen LogP contribution in [-0.2, 0) is 16.0 Å². The Labute approximate surface area is 140 Å². The van der Waals surface area contributed by atoms with Crippen molar-refractivity contribution in [2.75, 3.05) is 14.1 Å². The molecule has 0 aromatic heterocycles. The Morgan fingerprint density at radius 2 is 1.79 bits per heavy atom. The lowest BCUT2D eigenvalue weighted by atomic mass is 9.76. The van der Waals surface area contributed by atoms with Crippen molar-refractivity contribution in [3.8, 4) is 0 Å². The first-order valence-corrected chi connectivity index (χ1v) is 7.76. The molecule has 0 bridgehead atoms. The largest absolute Gasteiger partial charge is 0.473 e. The van der Waals surface area contributed by atoms with Crippen LogP contribution >= 0.6 is 0 Å². The molecule has 1 saturated carbocycles. The molecule has 7 heteroatoms. The van der Waals surface area contributed by atoms with Crippen LogP contribution in [0.25, 0.3) is 0 Å². The molecule has 6 nitrogen and oxygen atoms in total. The molecule has 0 radical (unpaired) electrons. The first kappa shape index (κ1) is 20.1. The van der Waals surface area contributed by atoms with Crippen molar-refractivity contribution in [1.29, 1.82) is 0 Å². The number of benzene rings is 1. The third kappa shape index (κ3) is 5.58. The Kier molecular flexibility index (Phi) is 7.31. The van der Waals surface area contributed by atoms with E-state index in [-0.39, 0.29) is 11.9 Å². The highest BCUT2D eigenvalue weighted by molar-refractivity contribution is 6.27. The third-order valence-corrected chi connectivity index (χ3v) is 4.22. The number of aliphatic hydroxyl groups is 1. The molecule has 0 unspecified atom stereocenters. The second kappa shape index (κ2) is 8.75. The number of rotatable bonds is 3. The third-order valence-electron chi connectivity index (χ3n) is 4.22. The topological polar surface area (TPSA) is 98.1 Å². The molecule has 2 atom stereocenters. The molecule has 1 aliphatic rings. The molecule has 1 aliphatic carbocycles. The lowest BCUT2D eigenvalue weighted by Gasteiger charge is -2.43. The van der Waals surface area contributed by atoms with Gasteiger partial charge in [0.2, 0.25) is 0 Å². The second-order valence-electron chi connectivity index (χ2n) is 6.21. The van der Waals surface area contributed by atoms with Gasteiger partial charge in [0, 0.05) is 12.5 Å². The zero-order valence-electron chi connectivity index (χ0n) is 13.9. The Bertz CT molecular complexity index is 566. The summed E-state index contributed by atoms with van der Waals surface area (Å²) in [6.07, 6.45) is 4.31. The Morgan fingerprint density at radius 3 is 2.29 bits per heavy atom. The van der Waals surface area contributed by atoms with Crippen LogP contribution in [0.5, 0.6) is 0 Å². The Morgan fingerprint density at radius 1 is 1.21 bits per heavy atom. The van der Waals surface area contributed by atoms with E-state index < -0.39 is 17.5 Å². The molecule has 0 spiro atoms. The summed E-state index contributed by atoms with van der Waals surface area (Å²) in [5.74, 6) is -3.86. The van der Waals surface area contributed by atoms with Gasteiger partial charge >= 0.3 is 11.9 Å². The van der Waals surface area contributed by atoms with Gasteiger partial charge in [-0.3, -0.25) is 0 Å². The fourth-order valence-corrected chi connectivity index (χ4v) is 3.12. The van der Waals surface area contributed by atoms with E-state index in [4.69, 9.17) is 19.8 Å². The summed E-state index contributed by atoms with van der Waals surface area (Å²) in [5, 5.41) is 25.7. The maximum absolute atomic E-state index is 13.7. The lowest BCUT2D eigenvalue weighted by Crippen LogP contribution is -2.53. The first-order valence-electron chi connectivity index (χ1n) is 7.76. The number of carbonyl (C=O) groups is 2. The van der Waals surface area contributed by atoms with E-state index in [1.807, 2.05) is 20.2 Å². The number of carboxylic acids is 2. The van der Waals surface area contributed by atoms with Crippen molar-refractivity contribution in [3.63, 3.8) is 0 Å². The minimum Gasteiger partial charge on any atom is -0.473 e. The van der Waals surface area contributed by atoms with Crippen LogP contribution in [0.1, 0.15) is 31.2 Å². The van der Waals surface area contributed by atoms with Gasteiger partial charge in [0.1, 0.15) is 5.82 Å². The monoisotopic (exact) mass is 341 g/mol. The number of hydrogen-bond acceptors (Lipinski definition) is 4. The fraction of sp³-hybridized carbons (Fsp3) is 0.529. The number of aliphatic carboxylic acids is 2. The highest BCUT2D eigenvalue weighted by atomic mass is 19.1. The van der Waals surface area contributed by atoms with Crippen LogP contribution in [-0.4, -0.2) is 57.9 Å². The molecule has 1 aromatic rings. The van der Waals surface area contributed by atoms with Gasteiger partial charge in [-0.1, -0.05) is 31.0 Å². The van der Waals surface area contributed by atoms with Gasteiger partial charge < -0.3 is 20.2 Å². The fourth-order valence-electron chi connectivity index (χ4n) is 3.12. The van der Waals surface area contributed by atoms with Crippen LogP contribution in [0.4, 0.5) is 4.39 Å². The zero-order valence-corrected chi connectivity index (χ0v) is 13.9. The smallest absolute Gasteiger partial charge is 0.414 e. The maximum Gasteiger partial charge on any atom is 0.414 e. The molecular weight excluding hydrogens is 317 g/mol. The summed E-state index contributed by atoms with van der Waals surface area (Å²) >= 11 is 0. The lowest BCUT2D eigenvalue weighted by molar-refractivity contribution is -0.159. The number of halogens is 1. The second-order valence-corrected chi connectivity index (χ2v) is 6.21. The molecule has 1 fully saturated rings. The van der Waals surface area contributed by atoms with Crippen LogP contribution in [0.3, 0.4) is 0 Å². The molecule has 24 heavy (non-hydrogen) atoms. The Balaban J connectivity index is 0.000000413. The summed E-state index contributed by atoms with van der Waals surface area (Å²) in [4.78, 5) is 20.3. The first-order chi connectivity index (χ1) is 11.2. The summed E-state index contributed by atoms with van der Waals surface area (Å²) < 4.78 is 13.7. The normalized spacial score (nSPS) is 23.3. The van der Waals surface area contributed by atoms with Crippen LogP contribution in [0, 0.1) is 5.82 Å². The van der Waals surface area contributed by atoms with Crippen molar-refractivity contribution in [3.05, 3.63) is 35.6 Å². The summed E-state index contributed by atoms with van der Waals surface area (Å²) in [7, 11) is 3.98. The summed E-state index contributed by atoms with van der Waals surface area (Å²) in [6.45, 7) is 0. The van der Waals surface area contributed by atoms with Crippen LogP contribution in [0.2, 0.25) is 0 Å². The van der Waals surface area contributed by atoms with Crippen molar-refractivity contribution in [2.45, 2.75) is 43.7 Å². The van der Waals surface area contributed by atoms with E-state index in [1.54, 1.807) is 12.1 Å². The van der Waals surface area contributed by atoms with Gasteiger partial charge in [0.05, 0.1) is 5.60 Å². The predicted molar refractivity (Wildman–Crippen MR) is 86.3 cm³/mol. The van der Waals surface area contributed by atoms with Crippen molar-refractivity contribution in [1.82, 2.24) is 4.90 Å². The van der Waals surface area contributed by atoms with Gasteiger partial charge in [0.15, 0.2) is 0 Å². The van der Waals surface area contributed by atoms with Gasteiger partial charge in [-0.25, -0.2) is 14.0 Å². The van der Waals surface area contributed by atoms with Gasteiger partial charge in [-0.05, 0) is 38.6 Å². The van der Waals surface area contributed by atoms with Gasteiger partial charge in [-0.15, -0.1) is 0 Å². The molecule has 0 aliphatic heterocycles. The van der Waals surface area contributed by atoms with E-state index >= 15 is 0 Å². The number of likely N-dealkylation sites (N-methyl/N-ethyl adjacent to an activating group) is 1. The predicted octanol–water partition coefficient (Wildman–Crippen LogP) is 1.76. The maximum atomic E-state index is 13.7. The number of nitrogens with zero attached hydrogens (tertiary/aromatic N) is 1. The van der Waals surface area contributed by atoms with Crippen molar-refractivity contribution >= 4 is 11.9 Å². The number of carboxylic acid groups (broad SMARTS) is 2. The molecule has 1 aromatic carbocycles. The van der Waals surface area contributed by atoms with E-state index in [2.05, 4.69) is 4.90 Å². The molecule has 0 amide bonds. The standard InChI is InChI=1S/C15H22FNO.C2H2O4/c1-17(2)14-9-5-6-10-15(14,18)11-12-7-3-4-8-13(12)16;3-1(4)2(5)6/h3-4,7-8,14,18H,5-6,9-11H2,1-2H3;(H,3,4)(H,5,6)/t14-,15+;/m1./s1. The van der Waals surface area contributed by atoms with Crippen molar-refractivity contribution < 1.29 is 29.3 Å². The van der Waals surface area contributed by atoms with Crippen molar-refractivity contribution in [2.24, 2.45) is 0 Å². The van der Waals surface area contributed by atoms with Crippen LogP contribution in [0.15, 0.2) is 24.3 Å². The van der Waals surface area contributed by atoms with E-state index in [0.29, 0.717) is 12.0 Å². The van der Waals surface area contributed by atoms with E-state index in [9.17, 15) is 9.50 Å². The average Bonchev–Trinajstić information content (AvgIpc) is 2.50. The molecule has 3 N–H and O–H groups in total. The SMILES string of the molecule is CN(C)[C@@H]1CCCC[C@]1(O)Cc1ccccc1F.O=C(O)C(=O)O. The van der Waals surface area contributed by atoms with Crippen LogP contribution < -0.4 is 0 Å².